The summed E-state index contributed by atoms with van der Waals surface area (Å²) in [6.07, 6.45) is 0. The molecule has 0 rings (SSSR count). The van der Waals surface area contributed by atoms with Crippen molar-refractivity contribution in [1.29, 1.82) is 0 Å². The van der Waals surface area contributed by atoms with Crippen LogP contribution in [0.1, 0.15) is 48.5 Å². The van der Waals surface area contributed by atoms with Crippen LogP contribution in [0.25, 0.3) is 0 Å². The molecule has 0 radical (unpaired) electrons. The molecule has 0 unspecified atom stereocenters. The molecule has 0 aromatic rings. The summed E-state index contributed by atoms with van der Waals surface area (Å²) in [5.74, 6) is 0.0484. The number of rotatable bonds is 4. The van der Waals surface area contributed by atoms with Gasteiger partial charge >= 0.3 is 0 Å². The minimum Gasteiger partial charge on any atom is -0.354 e. The smallest absolute Gasteiger partial charge is 0.239 e. The predicted molar refractivity (Wildman–Crippen MR) is 69.4 cm³/mol. The molecule has 0 aliphatic carbocycles. The molecule has 16 heavy (non-hydrogen) atoms. The van der Waals surface area contributed by atoms with Crippen LogP contribution in [0.15, 0.2) is 0 Å². The summed E-state index contributed by atoms with van der Waals surface area (Å²) >= 11 is 0. The maximum absolute atomic E-state index is 11.9. The highest BCUT2D eigenvalue weighted by Crippen LogP contribution is 2.37. The van der Waals surface area contributed by atoms with E-state index in [9.17, 15) is 4.79 Å². The molecule has 3 nitrogen and oxygen atoms in total. The van der Waals surface area contributed by atoms with E-state index >= 15 is 0 Å². The lowest BCUT2D eigenvalue weighted by molar-refractivity contribution is -0.127. The molecule has 3 heteroatoms. The minimum absolute atomic E-state index is 0.0484. The molecule has 0 aromatic carbocycles. The van der Waals surface area contributed by atoms with Gasteiger partial charge in [-0.05, 0) is 31.7 Å². The Labute approximate surface area is 100 Å². The van der Waals surface area contributed by atoms with E-state index in [1.165, 1.54) is 0 Å². The Kier molecular flexibility index (Phi) is 4.57. The second kappa shape index (κ2) is 4.74. The molecule has 0 heterocycles. The van der Waals surface area contributed by atoms with Crippen LogP contribution >= 0.6 is 0 Å². The Morgan fingerprint density at radius 3 is 1.75 bits per heavy atom. The van der Waals surface area contributed by atoms with Crippen molar-refractivity contribution in [2.75, 3.05) is 13.6 Å². The maximum Gasteiger partial charge on any atom is 0.239 e. The molecular formula is C13H28N2O. The van der Waals surface area contributed by atoms with Crippen LogP contribution in [-0.4, -0.2) is 25.0 Å². The monoisotopic (exact) mass is 228 g/mol. The summed E-state index contributed by atoms with van der Waals surface area (Å²) in [6, 6.07) is 0. The third kappa shape index (κ3) is 3.78. The highest BCUT2D eigenvalue weighted by molar-refractivity contribution is 5.85. The van der Waals surface area contributed by atoms with E-state index < -0.39 is 5.54 Å². The molecule has 0 spiro atoms. The molecule has 0 saturated carbocycles. The number of hydrogen-bond donors (Lipinski definition) is 2. The molecule has 0 aromatic heterocycles. The van der Waals surface area contributed by atoms with Gasteiger partial charge in [-0.15, -0.1) is 0 Å². The lowest BCUT2D eigenvalue weighted by Crippen LogP contribution is -2.53. The number of nitrogens with one attached hydrogen (secondary N) is 2. The highest BCUT2D eigenvalue weighted by Gasteiger charge is 2.34. The van der Waals surface area contributed by atoms with Gasteiger partial charge in [0.25, 0.3) is 0 Å². The first kappa shape index (κ1) is 15.4. The van der Waals surface area contributed by atoms with Gasteiger partial charge in [-0.3, -0.25) is 4.79 Å². The fourth-order valence-electron chi connectivity index (χ4n) is 0.901. The van der Waals surface area contributed by atoms with Crippen LogP contribution in [0.2, 0.25) is 0 Å². The summed E-state index contributed by atoms with van der Waals surface area (Å²) in [6.45, 7) is 15.4. The lowest BCUT2D eigenvalue weighted by Gasteiger charge is -2.39. The van der Waals surface area contributed by atoms with E-state index in [1.807, 2.05) is 13.8 Å². The second-order valence-electron chi connectivity index (χ2n) is 6.69. The summed E-state index contributed by atoms with van der Waals surface area (Å²) in [7, 11) is 1.80. The van der Waals surface area contributed by atoms with E-state index in [0.717, 1.165) is 0 Å². The molecule has 0 atom stereocenters. The Bertz CT molecular complexity index is 249. The summed E-state index contributed by atoms with van der Waals surface area (Å²) in [5.41, 5.74) is -0.259. The summed E-state index contributed by atoms with van der Waals surface area (Å²) in [4.78, 5) is 11.9. The Morgan fingerprint density at radius 2 is 1.44 bits per heavy atom. The minimum atomic E-state index is -0.506. The van der Waals surface area contributed by atoms with Crippen molar-refractivity contribution < 1.29 is 4.79 Å². The van der Waals surface area contributed by atoms with Crippen molar-refractivity contribution in [1.82, 2.24) is 10.6 Å². The predicted octanol–water partition coefficient (Wildman–Crippen LogP) is 2.17. The van der Waals surface area contributed by atoms with Gasteiger partial charge in [0.2, 0.25) is 5.91 Å². The number of carbonyl (C=O) groups is 1. The summed E-state index contributed by atoms with van der Waals surface area (Å²) in [5, 5.41) is 6.02. The fraction of sp³-hybridized carbons (Fsp3) is 0.923. The van der Waals surface area contributed by atoms with Gasteiger partial charge in [0.05, 0.1) is 5.54 Å². The number of hydrogen-bond acceptors (Lipinski definition) is 2. The first-order chi connectivity index (χ1) is 6.94. The Hall–Kier alpha value is -0.570. The fourth-order valence-corrected chi connectivity index (χ4v) is 0.901. The van der Waals surface area contributed by atoms with Crippen molar-refractivity contribution in [2.24, 2.45) is 10.8 Å². The van der Waals surface area contributed by atoms with Crippen LogP contribution in [0.3, 0.4) is 0 Å². The Morgan fingerprint density at radius 1 is 1.00 bits per heavy atom. The molecule has 0 bridgehead atoms. The van der Waals surface area contributed by atoms with Gasteiger partial charge in [-0.25, -0.2) is 0 Å². The maximum atomic E-state index is 11.9. The quantitative estimate of drug-likeness (QED) is 0.774. The normalized spacial score (nSPS) is 13.8. The number of likely N-dealkylation sites (N-methyl/N-ethyl adjacent to an activating group) is 1. The van der Waals surface area contributed by atoms with E-state index in [0.29, 0.717) is 6.54 Å². The van der Waals surface area contributed by atoms with E-state index in [2.05, 4.69) is 45.3 Å². The first-order valence-corrected chi connectivity index (χ1v) is 5.91. The SMILES string of the molecule is CNC(C)(C)C(=O)NCC(C)(C)C(C)(C)C. The van der Waals surface area contributed by atoms with Gasteiger partial charge in [-0.1, -0.05) is 34.6 Å². The van der Waals surface area contributed by atoms with Crippen molar-refractivity contribution in [3.05, 3.63) is 0 Å². The zero-order valence-corrected chi connectivity index (χ0v) is 12.1. The standard InChI is InChI=1S/C13H28N2O/c1-11(2,3)12(4,5)9-15-10(16)13(6,7)14-8/h14H,9H2,1-8H3,(H,15,16). The molecule has 0 fully saturated rings. The van der Waals surface area contributed by atoms with Gasteiger partial charge < -0.3 is 10.6 Å². The van der Waals surface area contributed by atoms with Gasteiger partial charge in [0.15, 0.2) is 0 Å². The van der Waals surface area contributed by atoms with Crippen molar-refractivity contribution >= 4 is 5.91 Å². The molecule has 0 aliphatic heterocycles. The van der Waals surface area contributed by atoms with Gasteiger partial charge in [-0.2, -0.15) is 0 Å². The molecule has 2 N–H and O–H groups in total. The summed E-state index contributed by atoms with van der Waals surface area (Å²) < 4.78 is 0. The topological polar surface area (TPSA) is 41.1 Å². The van der Waals surface area contributed by atoms with Crippen LogP contribution in [0.4, 0.5) is 0 Å². The average molecular weight is 228 g/mol. The molecular weight excluding hydrogens is 200 g/mol. The largest absolute Gasteiger partial charge is 0.354 e. The third-order valence-electron chi connectivity index (χ3n) is 3.91. The molecule has 1 amide bonds. The van der Waals surface area contributed by atoms with Crippen LogP contribution in [-0.2, 0) is 4.79 Å². The van der Waals surface area contributed by atoms with Gasteiger partial charge in [0.1, 0.15) is 0 Å². The van der Waals surface area contributed by atoms with Crippen molar-refractivity contribution in [2.45, 2.75) is 54.0 Å². The van der Waals surface area contributed by atoms with Crippen molar-refractivity contribution in [3.63, 3.8) is 0 Å². The van der Waals surface area contributed by atoms with Gasteiger partial charge in [0, 0.05) is 6.54 Å². The average Bonchev–Trinajstić information content (AvgIpc) is 2.12. The van der Waals surface area contributed by atoms with E-state index in [-0.39, 0.29) is 16.7 Å². The van der Waals surface area contributed by atoms with Crippen LogP contribution in [0, 0.1) is 10.8 Å². The lowest BCUT2D eigenvalue weighted by atomic mass is 9.69. The Balaban J connectivity index is 4.43. The third-order valence-corrected chi connectivity index (χ3v) is 3.91. The van der Waals surface area contributed by atoms with Crippen LogP contribution < -0.4 is 10.6 Å². The first-order valence-electron chi connectivity index (χ1n) is 5.91. The molecule has 96 valence electrons. The highest BCUT2D eigenvalue weighted by atomic mass is 16.2. The molecule has 0 saturated heterocycles. The second-order valence-corrected chi connectivity index (χ2v) is 6.69. The van der Waals surface area contributed by atoms with Crippen LogP contribution in [0.5, 0.6) is 0 Å². The zero-order valence-electron chi connectivity index (χ0n) is 12.1. The molecule has 0 aliphatic rings. The van der Waals surface area contributed by atoms with E-state index in [1.54, 1.807) is 7.05 Å². The van der Waals surface area contributed by atoms with E-state index in [4.69, 9.17) is 0 Å². The number of amides is 1. The number of carbonyl (C=O) groups excluding carboxylic acids is 1. The zero-order chi connectivity index (χ0) is 13.2. The van der Waals surface area contributed by atoms with Crippen molar-refractivity contribution in [3.8, 4) is 0 Å².